The molecule has 1 N–H and O–H groups in total. The van der Waals surface area contributed by atoms with Gasteiger partial charge in [-0.25, -0.2) is 0 Å². The fourth-order valence-electron chi connectivity index (χ4n) is 2.37. The first-order valence-corrected chi connectivity index (χ1v) is 6.25. The van der Waals surface area contributed by atoms with E-state index >= 15 is 0 Å². The summed E-state index contributed by atoms with van der Waals surface area (Å²) >= 11 is 0. The Balaban J connectivity index is 1.86. The van der Waals surface area contributed by atoms with Gasteiger partial charge >= 0.3 is 0 Å². The maximum atomic E-state index is 11.9. The molecule has 0 spiro atoms. The van der Waals surface area contributed by atoms with E-state index in [1.54, 1.807) is 0 Å². The monoisotopic (exact) mass is 220 g/mol. The molecule has 0 unspecified atom stereocenters. The van der Waals surface area contributed by atoms with Crippen LogP contribution in [-0.4, -0.2) is 36.5 Å². The molecule has 0 radical (unpaired) electrons. The van der Waals surface area contributed by atoms with Gasteiger partial charge < -0.3 is 10.2 Å². The first kappa shape index (κ1) is 11.5. The Bertz CT molecular complexity index is 285. The van der Waals surface area contributed by atoms with Crippen molar-refractivity contribution in [1.82, 2.24) is 10.2 Å². The molecule has 0 aromatic carbocycles. The number of carbonyl (C=O) groups excluding carboxylic acids is 1. The Morgan fingerprint density at radius 3 is 2.56 bits per heavy atom. The van der Waals surface area contributed by atoms with Crippen LogP contribution in [0.3, 0.4) is 0 Å². The largest absolute Gasteiger partial charge is 0.339 e. The molecule has 0 bridgehead atoms. The van der Waals surface area contributed by atoms with Crippen LogP contribution < -0.4 is 5.32 Å². The number of terminal acetylenes is 1. The van der Waals surface area contributed by atoms with Crippen LogP contribution in [0.25, 0.3) is 0 Å². The summed E-state index contributed by atoms with van der Waals surface area (Å²) in [5.74, 6) is 3.29. The van der Waals surface area contributed by atoms with Crippen molar-refractivity contribution < 1.29 is 4.79 Å². The molecule has 1 aliphatic heterocycles. The van der Waals surface area contributed by atoms with E-state index in [4.69, 9.17) is 6.42 Å². The zero-order valence-electron chi connectivity index (χ0n) is 9.74. The lowest BCUT2D eigenvalue weighted by Gasteiger charge is -2.30. The fourth-order valence-corrected chi connectivity index (χ4v) is 2.37. The van der Waals surface area contributed by atoms with Gasteiger partial charge in [-0.15, -0.1) is 6.42 Å². The number of carbonyl (C=O) groups is 1. The van der Waals surface area contributed by atoms with Gasteiger partial charge in [0.05, 0.1) is 6.42 Å². The molecule has 1 aliphatic carbocycles. The Morgan fingerprint density at radius 2 is 2.00 bits per heavy atom. The molecule has 0 aromatic heterocycles. The van der Waals surface area contributed by atoms with Crippen molar-refractivity contribution in [2.75, 3.05) is 19.6 Å². The number of rotatable bonds is 4. The molecule has 16 heavy (non-hydrogen) atoms. The minimum atomic E-state index is 0.156. The number of hydrogen-bond acceptors (Lipinski definition) is 2. The topological polar surface area (TPSA) is 32.3 Å². The van der Waals surface area contributed by atoms with E-state index in [0.29, 0.717) is 12.0 Å². The van der Waals surface area contributed by atoms with Crippen LogP contribution in [0.2, 0.25) is 0 Å². The van der Waals surface area contributed by atoms with Gasteiger partial charge in [-0.1, -0.05) is 5.92 Å². The number of amides is 1. The number of nitrogens with zero attached hydrogens (tertiary/aromatic N) is 1. The third-order valence-corrected chi connectivity index (χ3v) is 3.47. The van der Waals surface area contributed by atoms with Crippen LogP contribution in [-0.2, 0) is 4.79 Å². The summed E-state index contributed by atoms with van der Waals surface area (Å²) in [5.41, 5.74) is 0. The molecule has 3 nitrogen and oxygen atoms in total. The van der Waals surface area contributed by atoms with Crippen LogP contribution >= 0.6 is 0 Å². The van der Waals surface area contributed by atoms with Crippen molar-refractivity contribution in [1.29, 1.82) is 0 Å². The molecule has 0 atom stereocenters. The van der Waals surface area contributed by atoms with Crippen LogP contribution in [0.1, 0.15) is 32.1 Å². The van der Waals surface area contributed by atoms with Gasteiger partial charge in [-0.2, -0.15) is 0 Å². The van der Waals surface area contributed by atoms with E-state index in [0.717, 1.165) is 19.6 Å². The van der Waals surface area contributed by atoms with Gasteiger partial charge in [0.25, 0.3) is 0 Å². The van der Waals surface area contributed by atoms with Gasteiger partial charge in [0.15, 0.2) is 0 Å². The van der Waals surface area contributed by atoms with Gasteiger partial charge in [0, 0.05) is 12.6 Å². The molecular weight excluding hydrogens is 200 g/mol. The third kappa shape index (κ3) is 2.99. The van der Waals surface area contributed by atoms with Gasteiger partial charge in [0.1, 0.15) is 0 Å². The van der Waals surface area contributed by atoms with Crippen molar-refractivity contribution in [3.63, 3.8) is 0 Å². The summed E-state index contributed by atoms with van der Waals surface area (Å²) in [6.07, 6.45) is 10.2. The van der Waals surface area contributed by atoms with Gasteiger partial charge in [-0.3, -0.25) is 4.79 Å². The molecule has 0 aromatic rings. The van der Waals surface area contributed by atoms with Crippen molar-refractivity contribution >= 4 is 5.91 Å². The van der Waals surface area contributed by atoms with E-state index in [1.807, 2.05) is 4.90 Å². The molecule has 1 saturated heterocycles. The molecule has 1 amide bonds. The number of hydrogen-bond donors (Lipinski definition) is 1. The molecule has 1 heterocycles. The predicted octanol–water partition coefficient (Wildman–Crippen LogP) is 1.00. The number of piperidine rings is 1. The van der Waals surface area contributed by atoms with Gasteiger partial charge in [-0.05, 0) is 44.7 Å². The van der Waals surface area contributed by atoms with Crippen molar-refractivity contribution in [3.8, 4) is 12.3 Å². The Kier molecular flexibility index (Phi) is 3.84. The minimum Gasteiger partial charge on any atom is -0.339 e. The van der Waals surface area contributed by atoms with E-state index in [9.17, 15) is 4.79 Å². The molecule has 2 aliphatic rings. The minimum absolute atomic E-state index is 0.156. The first-order chi connectivity index (χ1) is 7.81. The maximum Gasteiger partial charge on any atom is 0.234 e. The smallest absolute Gasteiger partial charge is 0.234 e. The lowest BCUT2D eigenvalue weighted by atomic mass is 9.97. The summed E-state index contributed by atoms with van der Waals surface area (Å²) < 4.78 is 0. The Hall–Kier alpha value is -1.01. The van der Waals surface area contributed by atoms with E-state index in [-0.39, 0.29) is 12.3 Å². The standard InChI is InChI=1S/C13H20N2O/c1-2-3-13(16)15(12-4-5-12)10-11-6-8-14-9-7-11/h1,11-12,14H,3-10H2. The van der Waals surface area contributed by atoms with Crippen molar-refractivity contribution in [3.05, 3.63) is 0 Å². The Morgan fingerprint density at radius 1 is 1.31 bits per heavy atom. The van der Waals surface area contributed by atoms with Crippen LogP contribution in [0.15, 0.2) is 0 Å². The van der Waals surface area contributed by atoms with E-state index in [2.05, 4.69) is 11.2 Å². The summed E-state index contributed by atoms with van der Waals surface area (Å²) in [5, 5.41) is 3.35. The van der Waals surface area contributed by atoms with Crippen molar-refractivity contribution in [2.24, 2.45) is 5.92 Å². The molecular formula is C13H20N2O. The maximum absolute atomic E-state index is 11.9. The third-order valence-electron chi connectivity index (χ3n) is 3.47. The van der Waals surface area contributed by atoms with Crippen LogP contribution in [0.5, 0.6) is 0 Å². The van der Waals surface area contributed by atoms with E-state index < -0.39 is 0 Å². The lowest BCUT2D eigenvalue weighted by Crippen LogP contribution is -2.40. The second-order valence-electron chi connectivity index (χ2n) is 4.85. The molecule has 88 valence electrons. The molecule has 2 rings (SSSR count). The normalized spacial score (nSPS) is 21.4. The number of nitrogens with one attached hydrogen (secondary N) is 1. The van der Waals surface area contributed by atoms with E-state index in [1.165, 1.54) is 25.7 Å². The lowest BCUT2D eigenvalue weighted by molar-refractivity contribution is -0.131. The highest BCUT2D eigenvalue weighted by Crippen LogP contribution is 2.29. The fraction of sp³-hybridized carbons (Fsp3) is 0.769. The second kappa shape index (κ2) is 5.36. The van der Waals surface area contributed by atoms with Crippen molar-refractivity contribution in [2.45, 2.75) is 38.1 Å². The SMILES string of the molecule is C#CCC(=O)N(CC1CCNCC1)C1CC1. The summed E-state index contributed by atoms with van der Waals surface area (Å²) in [6, 6.07) is 0.496. The van der Waals surface area contributed by atoms with Gasteiger partial charge in [0.2, 0.25) is 5.91 Å². The zero-order chi connectivity index (χ0) is 11.4. The highest BCUT2D eigenvalue weighted by Gasteiger charge is 2.33. The Labute approximate surface area is 97.6 Å². The quantitative estimate of drug-likeness (QED) is 0.717. The molecule has 3 heteroatoms. The highest BCUT2D eigenvalue weighted by atomic mass is 16.2. The van der Waals surface area contributed by atoms with Crippen LogP contribution in [0, 0.1) is 18.3 Å². The first-order valence-electron chi connectivity index (χ1n) is 6.25. The average molecular weight is 220 g/mol. The summed E-state index contributed by atoms with van der Waals surface area (Å²) in [7, 11) is 0. The van der Waals surface area contributed by atoms with Crippen LogP contribution in [0.4, 0.5) is 0 Å². The summed E-state index contributed by atoms with van der Waals surface area (Å²) in [6.45, 7) is 3.10. The highest BCUT2D eigenvalue weighted by molar-refractivity contribution is 5.79. The molecule has 2 fully saturated rings. The second-order valence-corrected chi connectivity index (χ2v) is 4.85. The summed E-state index contributed by atoms with van der Waals surface area (Å²) in [4.78, 5) is 13.9. The predicted molar refractivity (Wildman–Crippen MR) is 63.8 cm³/mol. The zero-order valence-corrected chi connectivity index (χ0v) is 9.74. The average Bonchev–Trinajstić information content (AvgIpc) is 3.11. The molecule has 1 saturated carbocycles.